The van der Waals surface area contributed by atoms with E-state index in [4.69, 9.17) is 10.5 Å². The highest BCUT2D eigenvalue weighted by atomic mass is 16.5. The molecule has 6 heteroatoms. The van der Waals surface area contributed by atoms with E-state index in [0.29, 0.717) is 6.54 Å². The molecule has 2 N–H and O–H groups in total. The molecule has 0 bridgehead atoms. The summed E-state index contributed by atoms with van der Waals surface area (Å²) in [6, 6.07) is 0. The third kappa shape index (κ3) is 2.98. The predicted octanol–water partition coefficient (Wildman–Crippen LogP) is -0.931. The zero-order valence-electron chi connectivity index (χ0n) is 8.80. The maximum Gasteiger partial charge on any atom is 0.0967 e. The highest BCUT2D eigenvalue weighted by Gasteiger charge is 2.12. The van der Waals surface area contributed by atoms with Crippen molar-refractivity contribution >= 4 is 0 Å². The summed E-state index contributed by atoms with van der Waals surface area (Å²) >= 11 is 0. The highest BCUT2D eigenvalue weighted by Crippen LogP contribution is 2.03. The van der Waals surface area contributed by atoms with Gasteiger partial charge in [0.1, 0.15) is 0 Å². The van der Waals surface area contributed by atoms with E-state index >= 15 is 0 Å². The molecule has 0 unspecified atom stereocenters. The Morgan fingerprint density at radius 1 is 1.40 bits per heavy atom. The molecule has 1 fully saturated rings. The van der Waals surface area contributed by atoms with Gasteiger partial charge in [-0.3, -0.25) is 9.58 Å². The van der Waals surface area contributed by atoms with E-state index in [2.05, 4.69) is 15.2 Å². The Hall–Kier alpha value is -0.980. The maximum atomic E-state index is 5.44. The molecule has 0 spiro atoms. The van der Waals surface area contributed by atoms with Crippen LogP contribution in [0, 0.1) is 0 Å². The summed E-state index contributed by atoms with van der Waals surface area (Å²) in [4.78, 5) is 2.32. The van der Waals surface area contributed by atoms with Crippen molar-refractivity contribution in [3.63, 3.8) is 0 Å². The van der Waals surface area contributed by atoms with Gasteiger partial charge in [-0.15, -0.1) is 5.10 Å². The van der Waals surface area contributed by atoms with Gasteiger partial charge in [0.2, 0.25) is 0 Å². The average molecular weight is 211 g/mol. The molecule has 1 saturated heterocycles. The van der Waals surface area contributed by atoms with Crippen molar-refractivity contribution in [3.05, 3.63) is 11.9 Å². The molecule has 15 heavy (non-hydrogen) atoms. The van der Waals surface area contributed by atoms with Crippen molar-refractivity contribution < 1.29 is 4.74 Å². The van der Waals surface area contributed by atoms with Crippen molar-refractivity contribution in [3.8, 4) is 0 Å². The van der Waals surface area contributed by atoms with E-state index in [1.807, 2.05) is 6.20 Å². The van der Waals surface area contributed by atoms with Crippen molar-refractivity contribution in [1.29, 1.82) is 0 Å². The first-order valence-corrected chi connectivity index (χ1v) is 5.27. The first-order chi connectivity index (χ1) is 7.38. The molecule has 1 aliphatic rings. The molecule has 84 valence electrons. The number of nitrogens with zero attached hydrogens (tertiary/aromatic N) is 4. The Labute approximate surface area is 89.0 Å². The van der Waals surface area contributed by atoms with Crippen LogP contribution in [0.3, 0.4) is 0 Å². The van der Waals surface area contributed by atoms with Crippen LogP contribution in [0.15, 0.2) is 6.20 Å². The molecule has 0 saturated carbocycles. The van der Waals surface area contributed by atoms with Gasteiger partial charge in [0, 0.05) is 32.4 Å². The monoisotopic (exact) mass is 211 g/mol. The standard InChI is InChI=1S/C9H17N5O/c10-1-2-14-8-9(11-12-14)7-13-3-5-15-6-4-13/h8H,1-7,10H2. The number of rotatable bonds is 4. The first-order valence-electron chi connectivity index (χ1n) is 5.27. The van der Waals surface area contributed by atoms with E-state index < -0.39 is 0 Å². The van der Waals surface area contributed by atoms with Gasteiger partial charge in [-0.2, -0.15) is 0 Å². The van der Waals surface area contributed by atoms with Crippen LogP contribution in [0.4, 0.5) is 0 Å². The maximum absolute atomic E-state index is 5.44. The second-order valence-electron chi connectivity index (χ2n) is 3.65. The lowest BCUT2D eigenvalue weighted by molar-refractivity contribution is 0.0336. The summed E-state index contributed by atoms with van der Waals surface area (Å²) in [6.45, 7) is 5.77. The van der Waals surface area contributed by atoms with E-state index in [9.17, 15) is 0 Å². The van der Waals surface area contributed by atoms with E-state index in [1.54, 1.807) is 4.68 Å². The van der Waals surface area contributed by atoms with Crippen LogP contribution in [0.1, 0.15) is 5.69 Å². The minimum Gasteiger partial charge on any atom is -0.379 e. The van der Waals surface area contributed by atoms with Gasteiger partial charge in [0.25, 0.3) is 0 Å². The Morgan fingerprint density at radius 3 is 2.93 bits per heavy atom. The Bertz CT molecular complexity index is 294. The average Bonchev–Trinajstić information content (AvgIpc) is 2.68. The quantitative estimate of drug-likeness (QED) is 0.696. The molecule has 0 radical (unpaired) electrons. The number of nitrogens with two attached hydrogens (primary N) is 1. The summed E-state index contributed by atoms with van der Waals surface area (Å²) in [5.41, 5.74) is 6.44. The third-order valence-electron chi connectivity index (χ3n) is 2.43. The molecule has 1 aliphatic heterocycles. The van der Waals surface area contributed by atoms with Gasteiger partial charge >= 0.3 is 0 Å². The van der Waals surface area contributed by atoms with Gasteiger partial charge in [-0.1, -0.05) is 5.21 Å². The zero-order chi connectivity index (χ0) is 10.5. The van der Waals surface area contributed by atoms with Gasteiger partial charge in [0.15, 0.2) is 0 Å². The van der Waals surface area contributed by atoms with Crippen molar-refractivity contribution in [2.24, 2.45) is 5.73 Å². The van der Waals surface area contributed by atoms with Crippen LogP contribution in [-0.2, 0) is 17.8 Å². The van der Waals surface area contributed by atoms with E-state index in [0.717, 1.165) is 45.1 Å². The molecule has 0 amide bonds. The fourth-order valence-corrected chi connectivity index (χ4v) is 1.64. The fourth-order valence-electron chi connectivity index (χ4n) is 1.64. The molecule has 6 nitrogen and oxygen atoms in total. The molecule has 2 rings (SSSR count). The number of morpholine rings is 1. The molecule has 1 aromatic heterocycles. The lowest BCUT2D eigenvalue weighted by Crippen LogP contribution is -2.35. The van der Waals surface area contributed by atoms with Crippen LogP contribution in [-0.4, -0.2) is 52.7 Å². The molecule has 0 aliphatic carbocycles. The summed E-state index contributed by atoms with van der Waals surface area (Å²) < 4.78 is 7.07. The van der Waals surface area contributed by atoms with Crippen LogP contribution >= 0.6 is 0 Å². The van der Waals surface area contributed by atoms with Crippen LogP contribution in [0.5, 0.6) is 0 Å². The molecule has 0 atom stereocenters. The lowest BCUT2D eigenvalue weighted by atomic mass is 10.3. The predicted molar refractivity (Wildman–Crippen MR) is 55.2 cm³/mol. The molecular weight excluding hydrogens is 194 g/mol. The fraction of sp³-hybridized carbons (Fsp3) is 0.778. The van der Waals surface area contributed by atoms with Crippen LogP contribution in [0.2, 0.25) is 0 Å². The normalized spacial score (nSPS) is 18.2. The third-order valence-corrected chi connectivity index (χ3v) is 2.43. The summed E-state index contributed by atoms with van der Waals surface area (Å²) in [5, 5.41) is 8.10. The Morgan fingerprint density at radius 2 is 2.20 bits per heavy atom. The number of hydrogen-bond donors (Lipinski definition) is 1. The van der Waals surface area contributed by atoms with Crippen molar-refractivity contribution in [2.75, 3.05) is 32.8 Å². The number of aromatic nitrogens is 3. The highest BCUT2D eigenvalue weighted by molar-refractivity contribution is 4.92. The van der Waals surface area contributed by atoms with E-state index in [-0.39, 0.29) is 0 Å². The molecular formula is C9H17N5O. The molecule has 0 aromatic carbocycles. The number of ether oxygens (including phenoxy) is 1. The first kappa shape index (κ1) is 10.5. The van der Waals surface area contributed by atoms with Crippen LogP contribution in [0.25, 0.3) is 0 Å². The second-order valence-corrected chi connectivity index (χ2v) is 3.65. The summed E-state index contributed by atoms with van der Waals surface area (Å²) in [7, 11) is 0. The lowest BCUT2D eigenvalue weighted by Gasteiger charge is -2.25. The van der Waals surface area contributed by atoms with Gasteiger partial charge in [-0.05, 0) is 0 Å². The van der Waals surface area contributed by atoms with Crippen molar-refractivity contribution in [2.45, 2.75) is 13.1 Å². The van der Waals surface area contributed by atoms with E-state index in [1.165, 1.54) is 0 Å². The SMILES string of the molecule is NCCn1cc(CN2CCOCC2)nn1. The Balaban J connectivity index is 1.86. The van der Waals surface area contributed by atoms with Gasteiger partial charge in [-0.25, -0.2) is 0 Å². The second kappa shape index (κ2) is 5.20. The Kier molecular flexibility index (Phi) is 3.65. The minimum atomic E-state index is 0.598. The minimum absolute atomic E-state index is 0.598. The zero-order valence-corrected chi connectivity index (χ0v) is 8.80. The molecule has 2 heterocycles. The summed E-state index contributed by atoms with van der Waals surface area (Å²) in [5.74, 6) is 0. The smallest absolute Gasteiger partial charge is 0.0967 e. The van der Waals surface area contributed by atoms with Gasteiger partial charge < -0.3 is 10.5 Å². The topological polar surface area (TPSA) is 69.2 Å². The molecule has 1 aromatic rings. The summed E-state index contributed by atoms with van der Waals surface area (Å²) in [6.07, 6.45) is 1.96. The largest absolute Gasteiger partial charge is 0.379 e. The van der Waals surface area contributed by atoms with Crippen LogP contribution < -0.4 is 5.73 Å². The number of hydrogen-bond acceptors (Lipinski definition) is 5. The van der Waals surface area contributed by atoms with Gasteiger partial charge in [0.05, 0.1) is 25.5 Å². The van der Waals surface area contributed by atoms with Crippen molar-refractivity contribution in [1.82, 2.24) is 19.9 Å².